The first-order valence-corrected chi connectivity index (χ1v) is 7.39. The van der Waals surface area contributed by atoms with Gasteiger partial charge in [-0.3, -0.25) is 9.69 Å². The summed E-state index contributed by atoms with van der Waals surface area (Å²) in [5.41, 5.74) is 2.48. The Morgan fingerprint density at radius 2 is 2.05 bits per heavy atom. The zero-order valence-electron chi connectivity index (χ0n) is 12.0. The van der Waals surface area contributed by atoms with Gasteiger partial charge >= 0.3 is 5.97 Å². The van der Waals surface area contributed by atoms with E-state index in [1.54, 1.807) is 0 Å². The molecule has 3 rings (SSSR count). The number of nitrogens with zero attached hydrogens (tertiary/aromatic N) is 2. The topological polar surface area (TPSA) is 43.8 Å². The van der Waals surface area contributed by atoms with Crippen molar-refractivity contribution in [3.05, 3.63) is 35.4 Å². The maximum Gasteiger partial charge on any atom is 0.321 e. The van der Waals surface area contributed by atoms with Crippen molar-refractivity contribution in [2.45, 2.75) is 37.9 Å². The fraction of sp³-hybridized carbons (Fsp3) is 0.562. The number of benzene rings is 1. The highest BCUT2D eigenvalue weighted by molar-refractivity contribution is 5.74. The van der Waals surface area contributed by atoms with Crippen LogP contribution < -0.4 is 0 Å². The lowest BCUT2D eigenvalue weighted by Gasteiger charge is -2.43. The monoisotopic (exact) mass is 274 g/mol. The van der Waals surface area contributed by atoms with E-state index in [-0.39, 0.29) is 6.04 Å². The Morgan fingerprint density at radius 3 is 2.75 bits per heavy atom. The van der Waals surface area contributed by atoms with Gasteiger partial charge in [-0.1, -0.05) is 24.3 Å². The van der Waals surface area contributed by atoms with Crippen molar-refractivity contribution in [2.75, 3.05) is 20.1 Å². The van der Waals surface area contributed by atoms with Gasteiger partial charge in [0.2, 0.25) is 0 Å². The van der Waals surface area contributed by atoms with Crippen molar-refractivity contribution in [3.8, 4) is 0 Å². The van der Waals surface area contributed by atoms with Crippen LogP contribution in [-0.4, -0.2) is 53.1 Å². The molecule has 4 heteroatoms. The van der Waals surface area contributed by atoms with Crippen LogP contribution in [0.25, 0.3) is 0 Å². The third kappa shape index (κ3) is 2.58. The van der Waals surface area contributed by atoms with E-state index in [0.29, 0.717) is 12.5 Å². The molecule has 1 N–H and O–H groups in total. The number of hydrogen-bond donors (Lipinski definition) is 1. The molecule has 1 fully saturated rings. The van der Waals surface area contributed by atoms with Crippen LogP contribution in [0.1, 0.15) is 24.0 Å². The SMILES string of the molecule is CN1CCCC(N2Cc3ccccc3CC2C(=O)O)C1. The van der Waals surface area contributed by atoms with Crippen molar-refractivity contribution >= 4 is 5.97 Å². The molecule has 20 heavy (non-hydrogen) atoms. The number of aliphatic carboxylic acids is 1. The van der Waals surface area contributed by atoms with Crippen molar-refractivity contribution in [1.82, 2.24) is 9.80 Å². The number of likely N-dealkylation sites (N-methyl/N-ethyl adjacent to an activating group) is 1. The molecule has 2 atom stereocenters. The third-order valence-electron chi connectivity index (χ3n) is 4.64. The average Bonchev–Trinajstić information content (AvgIpc) is 2.46. The number of fused-ring (bicyclic) bond motifs is 1. The largest absolute Gasteiger partial charge is 0.480 e. The van der Waals surface area contributed by atoms with Crippen LogP contribution >= 0.6 is 0 Å². The van der Waals surface area contributed by atoms with Gasteiger partial charge in [0.1, 0.15) is 6.04 Å². The summed E-state index contributed by atoms with van der Waals surface area (Å²) in [5.74, 6) is -0.687. The smallest absolute Gasteiger partial charge is 0.321 e. The van der Waals surface area contributed by atoms with E-state index in [1.165, 1.54) is 11.1 Å². The second-order valence-electron chi connectivity index (χ2n) is 6.06. The summed E-state index contributed by atoms with van der Waals surface area (Å²) in [6, 6.07) is 8.24. The van der Waals surface area contributed by atoms with Gasteiger partial charge in [0.15, 0.2) is 0 Å². The number of carboxylic acids is 1. The molecule has 1 saturated heterocycles. The van der Waals surface area contributed by atoms with Crippen molar-refractivity contribution in [1.29, 1.82) is 0 Å². The fourth-order valence-electron chi connectivity index (χ4n) is 3.57. The lowest BCUT2D eigenvalue weighted by Crippen LogP contribution is -2.55. The van der Waals surface area contributed by atoms with Crippen LogP contribution in [0.2, 0.25) is 0 Å². The van der Waals surface area contributed by atoms with E-state index < -0.39 is 5.97 Å². The highest BCUT2D eigenvalue weighted by Crippen LogP contribution is 2.28. The summed E-state index contributed by atoms with van der Waals surface area (Å²) in [7, 11) is 2.12. The van der Waals surface area contributed by atoms with E-state index >= 15 is 0 Å². The number of carbonyl (C=O) groups is 1. The Kier molecular flexibility index (Phi) is 3.76. The molecule has 0 radical (unpaired) electrons. The highest BCUT2D eigenvalue weighted by Gasteiger charge is 2.36. The highest BCUT2D eigenvalue weighted by atomic mass is 16.4. The first-order chi connectivity index (χ1) is 9.65. The van der Waals surface area contributed by atoms with E-state index in [1.807, 2.05) is 12.1 Å². The molecule has 4 nitrogen and oxygen atoms in total. The molecule has 108 valence electrons. The lowest BCUT2D eigenvalue weighted by atomic mass is 9.91. The Labute approximate surface area is 120 Å². The second-order valence-corrected chi connectivity index (χ2v) is 6.06. The molecule has 2 aliphatic rings. The summed E-state index contributed by atoms with van der Waals surface area (Å²) in [6.07, 6.45) is 2.90. The summed E-state index contributed by atoms with van der Waals surface area (Å²) in [4.78, 5) is 16.2. The van der Waals surface area contributed by atoms with Crippen LogP contribution in [-0.2, 0) is 17.8 Å². The molecule has 2 unspecified atom stereocenters. The molecule has 0 amide bonds. The van der Waals surface area contributed by atoms with E-state index in [0.717, 1.165) is 32.5 Å². The summed E-state index contributed by atoms with van der Waals surface area (Å²) < 4.78 is 0. The zero-order valence-corrected chi connectivity index (χ0v) is 12.0. The Bertz CT molecular complexity index is 503. The molecule has 0 spiro atoms. The van der Waals surface area contributed by atoms with Crippen LogP contribution in [0.5, 0.6) is 0 Å². The molecule has 1 aromatic rings. The maximum atomic E-state index is 11.6. The fourth-order valence-corrected chi connectivity index (χ4v) is 3.57. The molecule has 0 bridgehead atoms. The standard InChI is InChI=1S/C16H22N2O2/c1-17-8-4-7-14(11-17)18-10-13-6-3-2-5-12(13)9-15(18)16(19)20/h2-3,5-6,14-15H,4,7-11H2,1H3,(H,19,20). The summed E-state index contributed by atoms with van der Waals surface area (Å²) in [5, 5.41) is 9.58. The van der Waals surface area contributed by atoms with E-state index in [4.69, 9.17) is 0 Å². The predicted molar refractivity (Wildman–Crippen MR) is 77.6 cm³/mol. The van der Waals surface area contributed by atoms with Crippen LogP contribution in [0.3, 0.4) is 0 Å². The first-order valence-electron chi connectivity index (χ1n) is 7.39. The van der Waals surface area contributed by atoms with Gasteiger partial charge in [0, 0.05) is 19.1 Å². The Balaban J connectivity index is 1.86. The number of carboxylic acid groups (broad SMARTS) is 1. The predicted octanol–water partition coefficient (Wildman–Crippen LogP) is 1.59. The van der Waals surface area contributed by atoms with Gasteiger partial charge in [-0.05, 0) is 44.0 Å². The van der Waals surface area contributed by atoms with Crippen molar-refractivity contribution in [2.24, 2.45) is 0 Å². The zero-order chi connectivity index (χ0) is 14.1. The molecule has 0 saturated carbocycles. The molecule has 2 aliphatic heterocycles. The van der Waals surface area contributed by atoms with Gasteiger partial charge in [0.05, 0.1) is 0 Å². The van der Waals surface area contributed by atoms with Gasteiger partial charge in [-0.15, -0.1) is 0 Å². The van der Waals surface area contributed by atoms with Gasteiger partial charge in [-0.25, -0.2) is 0 Å². The second kappa shape index (κ2) is 5.54. The Hall–Kier alpha value is -1.39. The maximum absolute atomic E-state index is 11.6. The Morgan fingerprint density at radius 1 is 1.30 bits per heavy atom. The quantitative estimate of drug-likeness (QED) is 0.889. The van der Waals surface area contributed by atoms with Crippen LogP contribution in [0.4, 0.5) is 0 Å². The molecular weight excluding hydrogens is 252 g/mol. The number of rotatable bonds is 2. The first kappa shape index (κ1) is 13.6. The van der Waals surface area contributed by atoms with E-state index in [9.17, 15) is 9.90 Å². The number of piperidine rings is 1. The number of likely N-dealkylation sites (tertiary alicyclic amines) is 1. The molecule has 1 aromatic carbocycles. The minimum absolute atomic E-state index is 0.364. The minimum Gasteiger partial charge on any atom is -0.480 e. The summed E-state index contributed by atoms with van der Waals surface area (Å²) in [6.45, 7) is 2.87. The normalized spacial score (nSPS) is 28.1. The van der Waals surface area contributed by atoms with Gasteiger partial charge < -0.3 is 10.0 Å². The van der Waals surface area contributed by atoms with Crippen LogP contribution in [0.15, 0.2) is 24.3 Å². The lowest BCUT2D eigenvalue weighted by molar-refractivity contribution is -0.145. The van der Waals surface area contributed by atoms with Gasteiger partial charge in [-0.2, -0.15) is 0 Å². The molecule has 0 aromatic heterocycles. The minimum atomic E-state index is -0.687. The third-order valence-corrected chi connectivity index (χ3v) is 4.64. The van der Waals surface area contributed by atoms with Gasteiger partial charge in [0.25, 0.3) is 0 Å². The molecule has 0 aliphatic carbocycles. The van der Waals surface area contributed by atoms with Crippen molar-refractivity contribution in [3.63, 3.8) is 0 Å². The molecular formula is C16H22N2O2. The summed E-state index contributed by atoms with van der Waals surface area (Å²) >= 11 is 0. The van der Waals surface area contributed by atoms with Crippen LogP contribution in [0, 0.1) is 0 Å². The average molecular weight is 274 g/mol. The van der Waals surface area contributed by atoms with E-state index in [2.05, 4.69) is 29.0 Å². The van der Waals surface area contributed by atoms with Crippen molar-refractivity contribution < 1.29 is 9.90 Å². The number of hydrogen-bond acceptors (Lipinski definition) is 3. The molecule has 2 heterocycles.